The van der Waals surface area contributed by atoms with Crippen molar-refractivity contribution in [3.8, 4) is 0 Å². The highest BCUT2D eigenvalue weighted by Gasteiger charge is 2.29. The molecule has 0 saturated carbocycles. The van der Waals surface area contributed by atoms with Gasteiger partial charge in [0.1, 0.15) is 0 Å². The Labute approximate surface area is 167 Å². The molecule has 0 spiro atoms. The highest BCUT2D eigenvalue weighted by Crippen LogP contribution is 2.28. The van der Waals surface area contributed by atoms with Crippen LogP contribution >= 0.6 is 11.3 Å². The predicted octanol–water partition coefficient (Wildman–Crippen LogP) is 4.71. The van der Waals surface area contributed by atoms with Gasteiger partial charge < -0.3 is 4.90 Å². The molecule has 1 amide bonds. The SMILES string of the molecule is CC(C)(C)c1ccc(C(=O)N2CCC(N3CCc4sccc4C3)CC2)cc1. The van der Waals surface area contributed by atoms with Crippen LogP contribution in [0.1, 0.15) is 60.0 Å². The van der Waals surface area contributed by atoms with Crippen LogP contribution in [-0.4, -0.2) is 41.4 Å². The topological polar surface area (TPSA) is 23.6 Å². The Bertz CT molecular complexity index is 795. The molecule has 0 atom stereocenters. The monoisotopic (exact) mass is 382 g/mol. The molecular formula is C23H30N2OS. The Morgan fingerprint density at radius 3 is 2.41 bits per heavy atom. The number of rotatable bonds is 2. The molecule has 2 aliphatic rings. The van der Waals surface area contributed by atoms with Crippen molar-refractivity contribution in [3.63, 3.8) is 0 Å². The summed E-state index contributed by atoms with van der Waals surface area (Å²) in [5.41, 5.74) is 3.73. The molecule has 144 valence electrons. The summed E-state index contributed by atoms with van der Waals surface area (Å²) in [7, 11) is 0. The van der Waals surface area contributed by atoms with Crippen molar-refractivity contribution in [3.05, 3.63) is 57.3 Å². The lowest BCUT2D eigenvalue weighted by atomic mass is 9.86. The zero-order chi connectivity index (χ0) is 19.0. The molecule has 4 heteroatoms. The minimum Gasteiger partial charge on any atom is -0.339 e. The van der Waals surface area contributed by atoms with Crippen LogP contribution in [-0.2, 0) is 18.4 Å². The van der Waals surface area contributed by atoms with Gasteiger partial charge in [-0.2, -0.15) is 0 Å². The third-order valence-electron chi connectivity index (χ3n) is 6.10. The van der Waals surface area contributed by atoms with E-state index < -0.39 is 0 Å². The molecule has 2 aromatic rings. The Kier molecular flexibility index (Phi) is 5.13. The van der Waals surface area contributed by atoms with Gasteiger partial charge in [-0.05, 0) is 59.4 Å². The second-order valence-corrected chi connectivity index (χ2v) is 9.94. The maximum Gasteiger partial charge on any atom is 0.253 e. The van der Waals surface area contributed by atoms with Crippen LogP contribution in [0.4, 0.5) is 0 Å². The maximum atomic E-state index is 12.9. The van der Waals surface area contributed by atoms with E-state index in [1.165, 1.54) is 24.1 Å². The maximum absolute atomic E-state index is 12.9. The fourth-order valence-electron chi connectivity index (χ4n) is 4.31. The van der Waals surface area contributed by atoms with Crippen LogP contribution in [0.5, 0.6) is 0 Å². The standard InChI is InChI=1S/C23H30N2OS/c1-23(2,3)19-6-4-17(5-7-19)22(26)24-12-8-20(9-13-24)25-14-10-21-18(16-25)11-15-27-21/h4-7,11,15,20H,8-10,12-14,16H2,1-3H3. The van der Waals surface area contributed by atoms with Gasteiger partial charge in [0.25, 0.3) is 5.91 Å². The lowest BCUT2D eigenvalue weighted by molar-refractivity contribution is 0.0600. The molecule has 0 radical (unpaired) electrons. The summed E-state index contributed by atoms with van der Waals surface area (Å²) in [6, 6.07) is 11.1. The van der Waals surface area contributed by atoms with Crippen molar-refractivity contribution in [2.45, 2.75) is 58.0 Å². The van der Waals surface area contributed by atoms with Crippen LogP contribution in [0.15, 0.2) is 35.7 Å². The van der Waals surface area contributed by atoms with Crippen molar-refractivity contribution in [1.29, 1.82) is 0 Å². The third kappa shape index (κ3) is 3.97. The second-order valence-electron chi connectivity index (χ2n) is 8.94. The summed E-state index contributed by atoms with van der Waals surface area (Å²) in [5.74, 6) is 0.188. The quantitative estimate of drug-likeness (QED) is 0.751. The molecule has 0 N–H and O–H groups in total. The fourth-order valence-corrected chi connectivity index (χ4v) is 5.20. The van der Waals surface area contributed by atoms with Crippen molar-refractivity contribution < 1.29 is 4.79 Å². The van der Waals surface area contributed by atoms with E-state index in [2.05, 4.69) is 49.3 Å². The summed E-state index contributed by atoms with van der Waals surface area (Å²) < 4.78 is 0. The van der Waals surface area contributed by atoms with E-state index in [0.717, 1.165) is 38.0 Å². The highest BCUT2D eigenvalue weighted by molar-refractivity contribution is 7.10. The average molecular weight is 383 g/mol. The Hall–Kier alpha value is -1.65. The summed E-state index contributed by atoms with van der Waals surface area (Å²) in [5, 5.41) is 2.22. The van der Waals surface area contributed by atoms with E-state index in [9.17, 15) is 4.79 Å². The number of thiophene rings is 1. The average Bonchev–Trinajstić information content (AvgIpc) is 3.15. The lowest BCUT2D eigenvalue weighted by Crippen LogP contribution is -2.47. The van der Waals surface area contributed by atoms with E-state index in [0.29, 0.717) is 6.04 Å². The summed E-state index contributed by atoms with van der Waals surface area (Å²) >= 11 is 1.90. The molecule has 0 unspecified atom stereocenters. The minimum atomic E-state index is 0.122. The summed E-state index contributed by atoms with van der Waals surface area (Å²) in [4.78, 5) is 19.1. The van der Waals surface area contributed by atoms with Gasteiger partial charge in [0.2, 0.25) is 0 Å². The first-order chi connectivity index (χ1) is 12.9. The van der Waals surface area contributed by atoms with Gasteiger partial charge in [-0.25, -0.2) is 0 Å². The Balaban J connectivity index is 1.34. The predicted molar refractivity (Wildman–Crippen MR) is 113 cm³/mol. The number of nitrogens with zero attached hydrogens (tertiary/aromatic N) is 2. The first-order valence-electron chi connectivity index (χ1n) is 10.1. The first kappa shape index (κ1) is 18.7. The van der Waals surface area contributed by atoms with E-state index in [-0.39, 0.29) is 11.3 Å². The van der Waals surface area contributed by atoms with Crippen molar-refractivity contribution in [1.82, 2.24) is 9.80 Å². The molecule has 4 rings (SSSR count). The molecule has 0 bridgehead atoms. The van der Waals surface area contributed by atoms with E-state index in [4.69, 9.17) is 0 Å². The van der Waals surface area contributed by atoms with E-state index in [1.807, 2.05) is 28.4 Å². The number of piperidine rings is 1. The number of amides is 1. The Morgan fingerprint density at radius 2 is 1.74 bits per heavy atom. The molecule has 3 nitrogen and oxygen atoms in total. The first-order valence-corrected chi connectivity index (χ1v) is 11.0. The molecular weight excluding hydrogens is 352 g/mol. The van der Waals surface area contributed by atoms with Crippen molar-refractivity contribution >= 4 is 17.2 Å². The molecule has 1 saturated heterocycles. The van der Waals surface area contributed by atoms with Crippen LogP contribution in [0, 0.1) is 0 Å². The molecule has 0 aliphatic carbocycles. The molecule has 1 fully saturated rings. The molecule has 1 aromatic carbocycles. The number of likely N-dealkylation sites (tertiary alicyclic amines) is 1. The van der Waals surface area contributed by atoms with Gasteiger partial charge >= 0.3 is 0 Å². The normalized spacial score (nSPS) is 19.1. The van der Waals surface area contributed by atoms with Crippen molar-refractivity contribution in [2.75, 3.05) is 19.6 Å². The van der Waals surface area contributed by atoms with Crippen LogP contribution < -0.4 is 0 Å². The van der Waals surface area contributed by atoms with Gasteiger partial charge in [-0.1, -0.05) is 32.9 Å². The van der Waals surface area contributed by atoms with Crippen molar-refractivity contribution in [2.24, 2.45) is 0 Å². The number of carbonyl (C=O) groups is 1. The molecule has 1 aromatic heterocycles. The van der Waals surface area contributed by atoms with Gasteiger partial charge in [0.05, 0.1) is 0 Å². The zero-order valence-corrected chi connectivity index (χ0v) is 17.5. The molecule has 27 heavy (non-hydrogen) atoms. The smallest absolute Gasteiger partial charge is 0.253 e. The van der Waals surface area contributed by atoms with Gasteiger partial charge in [-0.15, -0.1) is 11.3 Å². The summed E-state index contributed by atoms with van der Waals surface area (Å²) in [6.45, 7) is 10.6. The molecule has 2 aliphatic heterocycles. The minimum absolute atomic E-state index is 0.122. The lowest BCUT2D eigenvalue weighted by Gasteiger charge is -2.40. The number of hydrogen-bond donors (Lipinski definition) is 0. The number of fused-ring (bicyclic) bond motifs is 1. The highest BCUT2D eigenvalue weighted by atomic mass is 32.1. The van der Waals surface area contributed by atoms with Gasteiger partial charge in [0.15, 0.2) is 0 Å². The van der Waals surface area contributed by atoms with Crippen LogP contribution in [0.3, 0.4) is 0 Å². The fraction of sp³-hybridized carbons (Fsp3) is 0.522. The largest absolute Gasteiger partial charge is 0.339 e. The van der Waals surface area contributed by atoms with Gasteiger partial charge in [0, 0.05) is 42.7 Å². The number of benzene rings is 1. The van der Waals surface area contributed by atoms with Gasteiger partial charge in [-0.3, -0.25) is 9.69 Å². The number of hydrogen-bond acceptors (Lipinski definition) is 3. The van der Waals surface area contributed by atoms with Crippen LogP contribution in [0.2, 0.25) is 0 Å². The summed E-state index contributed by atoms with van der Waals surface area (Å²) in [6.07, 6.45) is 3.36. The molecule has 3 heterocycles. The Morgan fingerprint density at radius 1 is 1.04 bits per heavy atom. The van der Waals surface area contributed by atoms with E-state index in [1.54, 1.807) is 4.88 Å². The second kappa shape index (κ2) is 7.40. The van der Waals surface area contributed by atoms with E-state index >= 15 is 0 Å². The van der Waals surface area contributed by atoms with Crippen LogP contribution in [0.25, 0.3) is 0 Å². The third-order valence-corrected chi connectivity index (χ3v) is 7.13. The zero-order valence-electron chi connectivity index (χ0n) is 16.7. The number of carbonyl (C=O) groups excluding carboxylic acids is 1.